The van der Waals surface area contributed by atoms with Crippen LogP contribution in [0.2, 0.25) is 0 Å². The third kappa shape index (κ3) is 3.49. The van der Waals surface area contributed by atoms with Gasteiger partial charge in [0.2, 0.25) is 14.6 Å². The van der Waals surface area contributed by atoms with Gasteiger partial charge in [0.25, 0.3) is 0 Å². The van der Waals surface area contributed by atoms with Gasteiger partial charge in [0.05, 0.1) is 0 Å². The van der Waals surface area contributed by atoms with Crippen molar-refractivity contribution < 1.29 is 9.13 Å². The first kappa shape index (κ1) is 20.5. The molecule has 4 aromatic rings. The van der Waals surface area contributed by atoms with E-state index in [9.17, 15) is 9.13 Å². The number of hydrogen-bond donors (Lipinski definition) is 1. The van der Waals surface area contributed by atoms with Gasteiger partial charge in [-0.3, -0.25) is 15.0 Å². The minimum atomic E-state index is -3.62. The summed E-state index contributed by atoms with van der Waals surface area (Å²) in [6.07, 6.45) is 0. The van der Waals surface area contributed by atoms with E-state index in [2.05, 4.69) is 0 Å². The number of hydrogen-bond acceptors (Lipinski definition) is 3. The van der Waals surface area contributed by atoms with Crippen molar-refractivity contribution in [3.8, 4) is 0 Å². The molecule has 6 heteroatoms. The van der Waals surface area contributed by atoms with Crippen molar-refractivity contribution in [2.75, 3.05) is 0 Å². The summed E-state index contributed by atoms with van der Waals surface area (Å²) in [6.45, 7) is 0. The molecule has 150 valence electrons. The van der Waals surface area contributed by atoms with Gasteiger partial charge in [-0.25, -0.2) is 0 Å². The summed E-state index contributed by atoms with van der Waals surface area (Å²) in [5.41, 5.74) is 0. The summed E-state index contributed by atoms with van der Waals surface area (Å²) < 4.78 is 30.6. The smallest absolute Gasteiger partial charge is 0.226 e. The van der Waals surface area contributed by atoms with E-state index in [1.807, 2.05) is 72.8 Å². The van der Waals surface area contributed by atoms with Crippen LogP contribution >= 0.6 is 14.6 Å². The molecule has 4 rings (SSSR count). The lowest BCUT2D eigenvalue weighted by Crippen LogP contribution is -2.40. The van der Waals surface area contributed by atoms with Crippen molar-refractivity contribution in [2.24, 2.45) is 5.84 Å². The van der Waals surface area contributed by atoms with Crippen LogP contribution in [0.1, 0.15) is 0 Å². The molecule has 0 radical (unpaired) electrons. The largest absolute Gasteiger partial charge is 0.295 e. The first-order valence-corrected chi connectivity index (χ1v) is 12.9. The van der Waals surface area contributed by atoms with E-state index < -0.39 is 14.6 Å². The van der Waals surface area contributed by atoms with Gasteiger partial charge in [-0.2, -0.15) is 0 Å². The molecule has 2 N–H and O–H groups in total. The molecule has 0 saturated carbocycles. The predicted molar refractivity (Wildman–Crippen MR) is 126 cm³/mol. The highest BCUT2D eigenvalue weighted by Crippen LogP contribution is 2.61. The molecule has 4 nitrogen and oxygen atoms in total. The molecular weight excluding hydrogens is 410 g/mol. The van der Waals surface area contributed by atoms with Crippen LogP contribution < -0.4 is 27.1 Å². The second-order valence-electron chi connectivity index (χ2n) is 6.81. The normalized spacial score (nSPS) is 12.1. The molecule has 0 amide bonds. The Morgan fingerprint density at radius 1 is 0.433 bits per heavy atom. The summed E-state index contributed by atoms with van der Waals surface area (Å²) >= 11 is 0. The van der Waals surface area contributed by atoms with E-state index in [0.29, 0.717) is 21.2 Å². The van der Waals surface area contributed by atoms with Gasteiger partial charge >= 0.3 is 0 Å². The molecule has 0 aliphatic heterocycles. The van der Waals surface area contributed by atoms with Crippen molar-refractivity contribution in [3.05, 3.63) is 121 Å². The van der Waals surface area contributed by atoms with E-state index in [4.69, 9.17) is 5.84 Å². The lowest BCUT2D eigenvalue weighted by Gasteiger charge is -2.35. The first-order valence-electron chi connectivity index (χ1n) is 9.56. The molecule has 0 spiro atoms. The van der Waals surface area contributed by atoms with Gasteiger partial charge in [0, 0.05) is 21.2 Å². The maximum atomic E-state index is 14.7. The minimum Gasteiger partial charge on any atom is -0.295 e. The zero-order chi connectivity index (χ0) is 21.0. The standard InChI is InChI=1S/C24H22N2O2P2/c25-26(29(27,21-13-5-1-6-14-21)22-15-7-2-8-16-22)30(28,23-17-9-3-10-18-23)24-19-11-4-12-20-24/h1-20H,25H2. The Morgan fingerprint density at radius 3 is 0.833 bits per heavy atom. The van der Waals surface area contributed by atoms with E-state index >= 15 is 0 Å². The molecule has 0 fully saturated rings. The Morgan fingerprint density at radius 2 is 0.633 bits per heavy atom. The molecule has 0 aliphatic rings. The van der Waals surface area contributed by atoms with Crippen LogP contribution in [-0.2, 0) is 9.13 Å². The van der Waals surface area contributed by atoms with Crippen LogP contribution in [0.4, 0.5) is 0 Å². The van der Waals surface area contributed by atoms with Crippen LogP contribution in [0.3, 0.4) is 0 Å². The zero-order valence-electron chi connectivity index (χ0n) is 16.3. The average Bonchev–Trinajstić information content (AvgIpc) is 2.84. The third-order valence-corrected chi connectivity index (χ3v) is 11.7. The summed E-state index contributed by atoms with van der Waals surface area (Å²) in [5.74, 6) is 6.67. The summed E-state index contributed by atoms with van der Waals surface area (Å²) in [6, 6.07) is 36.1. The van der Waals surface area contributed by atoms with Crippen molar-refractivity contribution in [2.45, 2.75) is 0 Å². The fraction of sp³-hybridized carbons (Fsp3) is 0. The number of nitrogens with zero attached hydrogens (tertiary/aromatic N) is 1. The Balaban J connectivity index is 2.01. The first-order chi connectivity index (χ1) is 14.6. The van der Waals surface area contributed by atoms with Crippen LogP contribution in [-0.4, -0.2) is 4.55 Å². The maximum absolute atomic E-state index is 14.7. The number of hydrazine groups is 1. The second kappa shape index (κ2) is 8.55. The number of rotatable bonds is 6. The second-order valence-corrected chi connectivity index (χ2v) is 12.4. The molecule has 0 bridgehead atoms. The molecule has 0 heterocycles. The molecule has 0 aromatic heterocycles. The Bertz CT molecular complexity index is 1020. The van der Waals surface area contributed by atoms with Gasteiger partial charge in [-0.15, -0.1) is 4.55 Å². The van der Waals surface area contributed by atoms with Crippen LogP contribution in [0.25, 0.3) is 0 Å². The van der Waals surface area contributed by atoms with E-state index in [-0.39, 0.29) is 0 Å². The van der Waals surface area contributed by atoms with Gasteiger partial charge in [-0.05, 0) is 48.5 Å². The van der Waals surface area contributed by atoms with E-state index in [1.165, 1.54) is 0 Å². The van der Waals surface area contributed by atoms with Crippen LogP contribution in [0.15, 0.2) is 121 Å². The highest BCUT2D eigenvalue weighted by molar-refractivity contribution is 7.90. The van der Waals surface area contributed by atoms with Gasteiger partial charge < -0.3 is 0 Å². The van der Waals surface area contributed by atoms with Crippen LogP contribution in [0.5, 0.6) is 0 Å². The van der Waals surface area contributed by atoms with Gasteiger partial charge in [0.1, 0.15) is 0 Å². The molecule has 0 saturated heterocycles. The lowest BCUT2D eigenvalue weighted by atomic mass is 10.4. The van der Waals surface area contributed by atoms with Crippen molar-refractivity contribution in [3.63, 3.8) is 0 Å². The average molecular weight is 432 g/mol. The lowest BCUT2D eigenvalue weighted by molar-refractivity contribution is 0.523. The molecule has 4 aromatic carbocycles. The van der Waals surface area contributed by atoms with Crippen molar-refractivity contribution in [1.82, 2.24) is 4.55 Å². The Labute approximate surface area is 176 Å². The van der Waals surface area contributed by atoms with E-state index in [0.717, 1.165) is 4.55 Å². The molecule has 0 unspecified atom stereocenters. The monoisotopic (exact) mass is 432 g/mol. The molecular formula is C24H22N2O2P2. The summed E-state index contributed by atoms with van der Waals surface area (Å²) in [7, 11) is -7.24. The summed E-state index contributed by atoms with van der Waals surface area (Å²) in [4.78, 5) is 0. The molecule has 0 aliphatic carbocycles. The summed E-state index contributed by atoms with van der Waals surface area (Å²) in [5, 5.41) is 2.13. The predicted octanol–water partition coefficient (Wildman–Crippen LogP) is 4.02. The highest BCUT2D eigenvalue weighted by Gasteiger charge is 2.45. The molecule has 30 heavy (non-hydrogen) atoms. The minimum absolute atomic E-state index is 0.533. The third-order valence-electron chi connectivity index (χ3n) is 5.00. The van der Waals surface area contributed by atoms with Gasteiger partial charge in [0.15, 0.2) is 0 Å². The van der Waals surface area contributed by atoms with Gasteiger partial charge in [-0.1, -0.05) is 72.8 Å². The molecule has 0 atom stereocenters. The number of benzene rings is 4. The highest BCUT2D eigenvalue weighted by atomic mass is 31.2. The topological polar surface area (TPSA) is 63.4 Å². The quantitative estimate of drug-likeness (QED) is 0.284. The zero-order valence-corrected chi connectivity index (χ0v) is 18.1. The Hall–Kier alpha value is -2.74. The van der Waals surface area contributed by atoms with E-state index in [1.54, 1.807) is 48.5 Å². The fourth-order valence-corrected chi connectivity index (χ4v) is 9.98. The number of nitrogens with two attached hydrogens (primary N) is 1. The van der Waals surface area contributed by atoms with Crippen molar-refractivity contribution >= 4 is 35.8 Å². The van der Waals surface area contributed by atoms with Crippen LogP contribution in [0, 0.1) is 0 Å². The maximum Gasteiger partial charge on any atom is 0.226 e. The fourth-order valence-electron chi connectivity index (χ4n) is 3.47. The SMILES string of the molecule is NN(P(=O)(c1ccccc1)c1ccccc1)P(=O)(c1ccccc1)c1ccccc1. The Kier molecular flexibility index (Phi) is 5.85. The van der Waals surface area contributed by atoms with Crippen molar-refractivity contribution in [1.29, 1.82) is 0 Å².